The summed E-state index contributed by atoms with van der Waals surface area (Å²) in [5, 5.41) is 4.56. The molecule has 5 nitrogen and oxygen atoms in total. The molecule has 0 amide bonds. The molecule has 0 aliphatic rings. The maximum atomic E-state index is 13.8. The van der Waals surface area contributed by atoms with Crippen LogP contribution in [0.4, 0.5) is 8.78 Å². The van der Waals surface area contributed by atoms with Crippen molar-refractivity contribution in [1.82, 2.24) is 19.7 Å². The number of alkyl halides is 2. The highest BCUT2D eigenvalue weighted by molar-refractivity contribution is 5.58. The molecule has 1 aromatic carbocycles. The van der Waals surface area contributed by atoms with E-state index in [-0.39, 0.29) is 18.3 Å². The van der Waals surface area contributed by atoms with Gasteiger partial charge < -0.3 is 4.74 Å². The average molecular weight is 400 g/mol. The molecule has 3 rings (SSSR count). The van der Waals surface area contributed by atoms with Crippen LogP contribution < -0.4 is 0 Å². The molecule has 0 unspecified atom stereocenters. The van der Waals surface area contributed by atoms with Gasteiger partial charge in [0.2, 0.25) is 0 Å². The summed E-state index contributed by atoms with van der Waals surface area (Å²) in [4.78, 5) is 8.54. The molecule has 154 valence electrons. The van der Waals surface area contributed by atoms with Gasteiger partial charge in [-0.25, -0.2) is 18.4 Å². The summed E-state index contributed by atoms with van der Waals surface area (Å²) >= 11 is 0. The van der Waals surface area contributed by atoms with Crippen molar-refractivity contribution in [2.75, 3.05) is 0 Å². The number of benzene rings is 1. The number of hydrogen-bond donors (Lipinski definition) is 0. The highest BCUT2D eigenvalue weighted by Crippen LogP contribution is 2.30. The van der Waals surface area contributed by atoms with Gasteiger partial charge in [-0.2, -0.15) is 0 Å². The Kier molecular flexibility index (Phi) is 6.07. The number of aromatic nitrogens is 4. The second-order valence-corrected chi connectivity index (χ2v) is 7.72. The molecule has 0 atom stereocenters. The molecule has 0 fully saturated rings. The first-order valence-corrected chi connectivity index (χ1v) is 9.66. The fraction of sp³-hybridized carbons (Fsp3) is 0.409. The SMILES string of the molecule is CC(C)OCc1nc(-c2cncc(C(C)(F)F)c2)n(-c2ccc(C(C)C)cc2)n1. The van der Waals surface area contributed by atoms with Crippen molar-refractivity contribution in [2.24, 2.45) is 0 Å². The van der Waals surface area contributed by atoms with Crippen molar-refractivity contribution < 1.29 is 13.5 Å². The molecule has 0 radical (unpaired) electrons. The van der Waals surface area contributed by atoms with E-state index in [9.17, 15) is 8.78 Å². The van der Waals surface area contributed by atoms with Crippen LogP contribution >= 0.6 is 0 Å². The van der Waals surface area contributed by atoms with Crippen molar-refractivity contribution >= 4 is 0 Å². The highest BCUT2D eigenvalue weighted by Gasteiger charge is 2.26. The molecular weight excluding hydrogens is 374 g/mol. The minimum Gasteiger partial charge on any atom is -0.371 e. The van der Waals surface area contributed by atoms with Crippen LogP contribution in [-0.4, -0.2) is 25.9 Å². The van der Waals surface area contributed by atoms with E-state index in [2.05, 4.69) is 28.9 Å². The summed E-state index contributed by atoms with van der Waals surface area (Å²) < 4.78 is 34.9. The number of hydrogen-bond acceptors (Lipinski definition) is 4. The average Bonchev–Trinajstić information content (AvgIpc) is 3.10. The molecule has 2 heterocycles. The Bertz CT molecular complexity index is 960. The number of pyridine rings is 1. The standard InChI is InChI=1S/C22H26F2N4O/c1-14(2)16-6-8-19(9-7-16)28-21(26-20(27-28)13-29-15(3)4)17-10-18(12-25-11-17)22(5,23)24/h6-12,14-15H,13H2,1-5H3. The van der Waals surface area contributed by atoms with Crippen LogP contribution in [0, 0.1) is 0 Å². The fourth-order valence-corrected chi connectivity index (χ4v) is 2.83. The second-order valence-electron chi connectivity index (χ2n) is 7.72. The first kappa shape index (κ1) is 21.0. The lowest BCUT2D eigenvalue weighted by Gasteiger charge is -2.12. The predicted molar refractivity (Wildman–Crippen MR) is 108 cm³/mol. The fourth-order valence-electron chi connectivity index (χ4n) is 2.83. The molecule has 3 aromatic rings. The summed E-state index contributed by atoms with van der Waals surface area (Å²) in [6, 6.07) is 9.37. The zero-order chi connectivity index (χ0) is 21.2. The number of nitrogens with zero attached hydrogens (tertiary/aromatic N) is 4. The largest absolute Gasteiger partial charge is 0.371 e. The van der Waals surface area contributed by atoms with Gasteiger partial charge in [0, 0.05) is 30.4 Å². The van der Waals surface area contributed by atoms with Gasteiger partial charge >= 0.3 is 0 Å². The van der Waals surface area contributed by atoms with E-state index in [1.54, 1.807) is 4.68 Å². The van der Waals surface area contributed by atoms with Crippen LogP contribution in [0.15, 0.2) is 42.7 Å². The Morgan fingerprint density at radius 1 is 1.07 bits per heavy atom. The summed E-state index contributed by atoms with van der Waals surface area (Å²) in [6.07, 6.45) is 2.72. The molecule has 0 aliphatic carbocycles. The highest BCUT2D eigenvalue weighted by atomic mass is 19.3. The van der Waals surface area contributed by atoms with Gasteiger partial charge in [0.25, 0.3) is 5.92 Å². The van der Waals surface area contributed by atoms with E-state index in [0.29, 0.717) is 23.1 Å². The molecular formula is C22H26F2N4O. The van der Waals surface area contributed by atoms with Crippen molar-refractivity contribution in [2.45, 2.75) is 59.2 Å². The zero-order valence-electron chi connectivity index (χ0n) is 17.4. The minimum absolute atomic E-state index is 0.0273. The van der Waals surface area contributed by atoms with E-state index in [0.717, 1.165) is 12.6 Å². The quantitative estimate of drug-likeness (QED) is 0.526. The Hall–Kier alpha value is -2.67. The molecule has 29 heavy (non-hydrogen) atoms. The molecule has 7 heteroatoms. The van der Waals surface area contributed by atoms with E-state index in [4.69, 9.17) is 4.74 Å². The molecule has 0 saturated carbocycles. The topological polar surface area (TPSA) is 52.8 Å². The third-order valence-electron chi connectivity index (χ3n) is 4.50. The van der Waals surface area contributed by atoms with Crippen LogP contribution in [-0.2, 0) is 17.3 Å². The van der Waals surface area contributed by atoms with Gasteiger partial charge in [-0.1, -0.05) is 26.0 Å². The number of halogens is 2. The summed E-state index contributed by atoms with van der Waals surface area (Å²) in [5.74, 6) is -1.66. The van der Waals surface area contributed by atoms with Gasteiger partial charge in [0.15, 0.2) is 11.6 Å². The smallest absolute Gasteiger partial charge is 0.272 e. The van der Waals surface area contributed by atoms with Crippen LogP contribution in [0.3, 0.4) is 0 Å². The molecule has 0 spiro atoms. The van der Waals surface area contributed by atoms with Crippen molar-refractivity contribution in [3.8, 4) is 17.1 Å². The Balaban J connectivity index is 2.07. The monoisotopic (exact) mass is 400 g/mol. The van der Waals surface area contributed by atoms with E-state index in [1.165, 1.54) is 24.0 Å². The number of ether oxygens (including phenoxy) is 1. The first-order chi connectivity index (χ1) is 13.6. The molecule has 0 saturated heterocycles. The van der Waals surface area contributed by atoms with Gasteiger partial charge in [-0.3, -0.25) is 4.98 Å². The van der Waals surface area contributed by atoms with Crippen LogP contribution in [0.25, 0.3) is 17.1 Å². The van der Waals surface area contributed by atoms with Crippen molar-refractivity contribution in [3.05, 3.63) is 59.7 Å². The van der Waals surface area contributed by atoms with Gasteiger partial charge in [0.1, 0.15) is 6.61 Å². The lowest BCUT2D eigenvalue weighted by Crippen LogP contribution is -2.08. The third-order valence-corrected chi connectivity index (χ3v) is 4.50. The van der Waals surface area contributed by atoms with Crippen LogP contribution in [0.5, 0.6) is 0 Å². The predicted octanol–water partition coefficient (Wildman–Crippen LogP) is 5.49. The molecule has 0 bridgehead atoms. The molecule has 0 N–H and O–H groups in total. The lowest BCUT2D eigenvalue weighted by atomic mass is 10.0. The van der Waals surface area contributed by atoms with Gasteiger partial charge in [-0.15, -0.1) is 5.10 Å². The van der Waals surface area contributed by atoms with Crippen LogP contribution in [0.1, 0.15) is 57.5 Å². The lowest BCUT2D eigenvalue weighted by molar-refractivity contribution is 0.0171. The Morgan fingerprint density at radius 2 is 1.76 bits per heavy atom. The minimum atomic E-state index is -2.99. The molecule has 0 aliphatic heterocycles. The first-order valence-electron chi connectivity index (χ1n) is 9.66. The van der Waals surface area contributed by atoms with E-state index >= 15 is 0 Å². The van der Waals surface area contributed by atoms with Gasteiger partial charge in [-0.05, 0) is 43.5 Å². The van der Waals surface area contributed by atoms with E-state index in [1.807, 2.05) is 38.1 Å². The Morgan fingerprint density at radius 3 is 2.34 bits per heavy atom. The Labute approximate surface area is 169 Å². The summed E-state index contributed by atoms with van der Waals surface area (Å²) in [6.45, 7) is 9.20. The van der Waals surface area contributed by atoms with Crippen LogP contribution in [0.2, 0.25) is 0 Å². The molecule has 2 aromatic heterocycles. The van der Waals surface area contributed by atoms with E-state index < -0.39 is 5.92 Å². The zero-order valence-corrected chi connectivity index (χ0v) is 17.4. The van der Waals surface area contributed by atoms with Crippen molar-refractivity contribution in [3.63, 3.8) is 0 Å². The number of rotatable bonds is 7. The second kappa shape index (κ2) is 8.37. The van der Waals surface area contributed by atoms with Crippen molar-refractivity contribution in [1.29, 1.82) is 0 Å². The summed E-state index contributed by atoms with van der Waals surface area (Å²) in [5.41, 5.74) is 2.30. The van der Waals surface area contributed by atoms with Gasteiger partial charge in [0.05, 0.1) is 11.8 Å². The maximum absolute atomic E-state index is 13.8. The third kappa shape index (κ3) is 5.03. The summed E-state index contributed by atoms with van der Waals surface area (Å²) in [7, 11) is 0. The maximum Gasteiger partial charge on any atom is 0.272 e. The normalized spacial score (nSPS) is 12.2.